The van der Waals surface area contributed by atoms with Gasteiger partial charge in [0.05, 0.1) is 13.2 Å². The zero-order valence-corrected chi connectivity index (χ0v) is 9.15. The molecule has 0 aliphatic carbocycles. The highest BCUT2D eigenvalue weighted by atomic mass is 16.5. The van der Waals surface area contributed by atoms with Gasteiger partial charge in [-0.3, -0.25) is 0 Å². The normalized spacial score (nSPS) is 21.3. The average molecular weight is 206 g/mol. The third-order valence-electron chi connectivity index (χ3n) is 2.97. The molecule has 1 fully saturated rings. The van der Waals surface area contributed by atoms with Crippen molar-refractivity contribution in [3.8, 4) is 0 Å². The zero-order valence-electron chi connectivity index (χ0n) is 9.15. The summed E-state index contributed by atoms with van der Waals surface area (Å²) in [7, 11) is 2.14. The summed E-state index contributed by atoms with van der Waals surface area (Å²) in [5, 5.41) is 0. The van der Waals surface area contributed by atoms with Crippen LogP contribution in [0.25, 0.3) is 0 Å². The number of nitrogen functional groups attached to an aromatic ring is 1. The lowest BCUT2D eigenvalue weighted by molar-refractivity contribution is 0.0144. The number of hydrogen-bond acceptors (Lipinski definition) is 3. The molecule has 1 heterocycles. The van der Waals surface area contributed by atoms with E-state index in [0.717, 1.165) is 17.9 Å². The summed E-state index contributed by atoms with van der Waals surface area (Å²) in [6.07, 6.45) is 1.26. The minimum atomic E-state index is 0.617. The predicted molar refractivity (Wildman–Crippen MR) is 61.5 cm³/mol. The van der Waals surface area contributed by atoms with Gasteiger partial charge in [0, 0.05) is 11.7 Å². The van der Waals surface area contributed by atoms with Gasteiger partial charge in [0.15, 0.2) is 0 Å². The van der Waals surface area contributed by atoms with Crippen LogP contribution in [0.4, 0.5) is 5.69 Å². The van der Waals surface area contributed by atoms with Gasteiger partial charge < -0.3 is 15.4 Å². The van der Waals surface area contributed by atoms with E-state index >= 15 is 0 Å². The monoisotopic (exact) mass is 206 g/mol. The largest absolute Gasteiger partial charge is 0.399 e. The Labute approximate surface area is 90.8 Å². The Bertz CT molecular complexity index is 327. The van der Waals surface area contributed by atoms with Crippen molar-refractivity contribution >= 4 is 5.69 Å². The molecule has 3 heteroatoms. The van der Waals surface area contributed by atoms with Crippen LogP contribution in [0.15, 0.2) is 24.3 Å². The smallest absolute Gasteiger partial charge is 0.0718 e. The Morgan fingerprint density at radius 1 is 1.53 bits per heavy atom. The lowest BCUT2D eigenvalue weighted by Crippen LogP contribution is -2.47. The number of rotatable bonds is 4. The summed E-state index contributed by atoms with van der Waals surface area (Å²) in [5.74, 6) is 0. The van der Waals surface area contributed by atoms with Crippen LogP contribution in [-0.2, 0) is 11.3 Å². The molecule has 0 radical (unpaired) electrons. The molecular formula is C12H18N2O. The van der Waals surface area contributed by atoms with Crippen LogP contribution in [0, 0.1) is 0 Å². The summed E-state index contributed by atoms with van der Waals surface area (Å²) in [6.45, 7) is 2.69. The van der Waals surface area contributed by atoms with E-state index in [2.05, 4.69) is 11.9 Å². The van der Waals surface area contributed by atoms with Crippen molar-refractivity contribution in [3.63, 3.8) is 0 Å². The molecule has 1 aromatic rings. The molecule has 15 heavy (non-hydrogen) atoms. The van der Waals surface area contributed by atoms with Crippen LogP contribution in [0.5, 0.6) is 0 Å². The average Bonchev–Trinajstić information content (AvgIpc) is 2.22. The van der Waals surface area contributed by atoms with E-state index in [1.165, 1.54) is 13.0 Å². The number of likely N-dealkylation sites (N-methyl/N-ethyl adjacent to an activating group) is 1. The Hall–Kier alpha value is -1.06. The van der Waals surface area contributed by atoms with Gasteiger partial charge in [-0.1, -0.05) is 12.1 Å². The molecule has 1 atom stereocenters. The van der Waals surface area contributed by atoms with Crippen molar-refractivity contribution < 1.29 is 4.74 Å². The molecule has 0 bridgehead atoms. The van der Waals surface area contributed by atoms with E-state index in [1.807, 2.05) is 24.3 Å². The van der Waals surface area contributed by atoms with Crippen LogP contribution in [0.3, 0.4) is 0 Å². The molecule has 0 amide bonds. The van der Waals surface area contributed by atoms with Gasteiger partial charge in [-0.2, -0.15) is 0 Å². The molecule has 1 aliphatic heterocycles. The molecule has 1 unspecified atom stereocenters. The van der Waals surface area contributed by atoms with Crippen molar-refractivity contribution in [2.45, 2.75) is 19.1 Å². The van der Waals surface area contributed by atoms with Crippen molar-refractivity contribution in [1.82, 2.24) is 4.90 Å². The van der Waals surface area contributed by atoms with Gasteiger partial charge in [-0.05, 0) is 37.7 Å². The predicted octanol–water partition coefficient (Wildman–Crippen LogP) is 1.49. The number of nitrogens with two attached hydrogens (primary N) is 1. The molecular weight excluding hydrogens is 188 g/mol. The number of anilines is 1. The minimum Gasteiger partial charge on any atom is -0.399 e. The first kappa shape index (κ1) is 10.5. The number of ether oxygens (including phenoxy) is 1. The maximum absolute atomic E-state index is 5.69. The van der Waals surface area contributed by atoms with Gasteiger partial charge in [-0.25, -0.2) is 0 Å². The molecule has 2 rings (SSSR count). The molecule has 2 N–H and O–H groups in total. The summed E-state index contributed by atoms with van der Waals surface area (Å²) in [4.78, 5) is 2.32. The van der Waals surface area contributed by atoms with Crippen LogP contribution in [0.1, 0.15) is 12.0 Å². The number of nitrogens with zero attached hydrogens (tertiary/aromatic N) is 1. The summed E-state index contributed by atoms with van der Waals surface area (Å²) < 4.78 is 5.65. The SMILES string of the molecule is CN1CCC1COCc1cccc(N)c1. The van der Waals surface area contributed by atoms with E-state index in [1.54, 1.807) is 0 Å². The van der Waals surface area contributed by atoms with E-state index in [4.69, 9.17) is 10.5 Å². The second kappa shape index (κ2) is 4.64. The summed E-state index contributed by atoms with van der Waals surface area (Å²) >= 11 is 0. The van der Waals surface area contributed by atoms with Gasteiger partial charge >= 0.3 is 0 Å². The van der Waals surface area contributed by atoms with Gasteiger partial charge in [0.1, 0.15) is 0 Å². The topological polar surface area (TPSA) is 38.5 Å². The number of hydrogen-bond donors (Lipinski definition) is 1. The lowest BCUT2D eigenvalue weighted by atomic mass is 10.1. The maximum atomic E-state index is 5.69. The van der Waals surface area contributed by atoms with E-state index in [-0.39, 0.29) is 0 Å². The molecule has 3 nitrogen and oxygen atoms in total. The Balaban J connectivity index is 1.73. The highest BCUT2D eigenvalue weighted by Crippen LogP contribution is 2.15. The Morgan fingerprint density at radius 2 is 2.40 bits per heavy atom. The molecule has 82 valence electrons. The van der Waals surface area contributed by atoms with Crippen LogP contribution in [0.2, 0.25) is 0 Å². The number of benzene rings is 1. The fourth-order valence-electron chi connectivity index (χ4n) is 1.78. The molecule has 0 saturated carbocycles. The zero-order chi connectivity index (χ0) is 10.7. The lowest BCUT2D eigenvalue weighted by Gasteiger charge is -2.37. The van der Waals surface area contributed by atoms with Crippen LogP contribution >= 0.6 is 0 Å². The molecule has 1 saturated heterocycles. The molecule has 0 spiro atoms. The molecule has 1 aliphatic rings. The maximum Gasteiger partial charge on any atom is 0.0718 e. The first-order chi connectivity index (χ1) is 7.25. The van der Waals surface area contributed by atoms with Crippen molar-refractivity contribution in [1.29, 1.82) is 0 Å². The third kappa shape index (κ3) is 2.70. The summed E-state index contributed by atoms with van der Waals surface area (Å²) in [5.41, 5.74) is 7.64. The van der Waals surface area contributed by atoms with Gasteiger partial charge in [0.25, 0.3) is 0 Å². The molecule has 0 aromatic heterocycles. The van der Waals surface area contributed by atoms with Crippen molar-refractivity contribution in [2.75, 3.05) is 25.9 Å². The Kier molecular flexibility index (Phi) is 3.23. The van der Waals surface area contributed by atoms with Gasteiger partial charge in [0.2, 0.25) is 0 Å². The second-order valence-electron chi connectivity index (χ2n) is 4.18. The fourth-order valence-corrected chi connectivity index (χ4v) is 1.78. The van der Waals surface area contributed by atoms with E-state index in [0.29, 0.717) is 12.6 Å². The Morgan fingerprint density at radius 3 is 3.00 bits per heavy atom. The van der Waals surface area contributed by atoms with Gasteiger partial charge in [-0.15, -0.1) is 0 Å². The quantitative estimate of drug-likeness (QED) is 0.758. The molecule has 1 aromatic carbocycles. The second-order valence-corrected chi connectivity index (χ2v) is 4.18. The van der Waals surface area contributed by atoms with E-state index in [9.17, 15) is 0 Å². The van der Waals surface area contributed by atoms with Crippen LogP contribution < -0.4 is 5.73 Å². The highest BCUT2D eigenvalue weighted by Gasteiger charge is 2.23. The summed E-state index contributed by atoms with van der Waals surface area (Å²) in [6, 6.07) is 8.48. The third-order valence-corrected chi connectivity index (χ3v) is 2.97. The first-order valence-electron chi connectivity index (χ1n) is 5.38. The number of likely N-dealkylation sites (tertiary alicyclic amines) is 1. The minimum absolute atomic E-state index is 0.617. The van der Waals surface area contributed by atoms with Crippen LogP contribution in [-0.4, -0.2) is 31.1 Å². The van der Waals surface area contributed by atoms with Crippen molar-refractivity contribution in [2.24, 2.45) is 0 Å². The highest BCUT2D eigenvalue weighted by molar-refractivity contribution is 5.40. The van der Waals surface area contributed by atoms with Crippen molar-refractivity contribution in [3.05, 3.63) is 29.8 Å². The fraction of sp³-hybridized carbons (Fsp3) is 0.500. The van der Waals surface area contributed by atoms with E-state index < -0.39 is 0 Å². The first-order valence-corrected chi connectivity index (χ1v) is 5.38. The standard InChI is InChI=1S/C12H18N2O/c1-14-6-5-12(14)9-15-8-10-3-2-4-11(13)7-10/h2-4,7,12H,5-6,8-9,13H2,1H3.